The molecule has 1 aromatic carbocycles. The number of anilines is 1. The molecule has 0 spiro atoms. The molecule has 0 unspecified atom stereocenters. The van der Waals surface area contributed by atoms with Gasteiger partial charge in [-0.3, -0.25) is 20.1 Å². The zero-order valence-electron chi connectivity index (χ0n) is 15.3. The molecule has 4 rings (SSSR count). The SMILES string of the molecule is CC1CCN(Cc2csc(NC(=O)c3cc(-c4ccccc4)n[nH]3)n2)CC1. The van der Waals surface area contributed by atoms with Crippen LogP contribution in [0.2, 0.25) is 0 Å². The summed E-state index contributed by atoms with van der Waals surface area (Å²) in [7, 11) is 0. The summed E-state index contributed by atoms with van der Waals surface area (Å²) in [6.07, 6.45) is 2.49. The molecule has 2 N–H and O–H groups in total. The van der Waals surface area contributed by atoms with Crippen LogP contribution in [0.25, 0.3) is 11.3 Å². The van der Waals surface area contributed by atoms with Gasteiger partial charge in [0.25, 0.3) is 5.91 Å². The first-order valence-corrected chi connectivity index (χ1v) is 10.1. The van der Waals surface area contributed by atoms with Gasteiger partial charge in [-0.1, -0.05) is 37.3 Å². The monoisotopic (exact) mass is 381 g/mol. The molecule has 7 heteroatoms. The van der Waals surface area contributed by atoms with Gasteiger partial charge in [0, 0.05) is 17.5 Å². The van der Waals surface area contributed by atoms with Crippen molar-refractivity contribution < 1.29 is 4.79 Å². The summed E-state index contributed by atoms with van der Waals surface area (Å²) < 4.78 is 0. The van der Waals surface area contributed by atoms with Crippen LogP contribution in [0.3, 0.4) is 0 Å². The molecule has 27 heavy (non-hydrogen) atoms. The predicted molar refractivity (Wildman–Crippen MR) is 108 cm³/mol. The van der Waals surface area contributed by atoms with Gasteiger partial charge in [0.05, 0.1) is 11.4 Å². The summed E-state index contributed by atoms with van der Waals surface area (Å²) in [5.41, 5.74) is 3.16. The minimum Gasteiger partial charge on any atom is -0.297 e. The normalized spacial score (nSPS) is 15.7. The minimum absolute atomic E-state index is 0.225. The Morgan fingerprint density at radius 3 is 2.85 bits per heavy atom. The maximum absolute atomic E-state index is 12.5. The van der Waals surface area contributed by atoms with Crippen molar-refractivity contribution in [3.05, 3.63) is 53.2 Å². The Morgan fingerprint density at radius 2 is 2.07 bits per heavy atom. The minimum atomic E-state index is -0.225. The fourth-order valence-electron chi connectivity index (χ4n) is 3.25. The van der Waals surface area contributed by atoms with Crippen LogP contribution < -0.4 is 5.32 Å². The molecule has 1 aliphatic heterocycles. The number of carbonyl (C=O) groups is 1. The second kappa shape index (κ2) is 8.02. The van der Waals surface area contributed by atoms with Crippen molar-refractivity contribution in [2.75, 3.05) is 18.4 Å². The number of hydrogen-bond donors (Lipinski definition) is 2. The number of nitrogens with zero attached hydrogens (tertiary/aromatic N) is 3. The number of aromatic amines is 1. The number of carbonyl (C=O) groups excluding carboxylic acids is 1. The zero-order valence-corrected chi connectivity index (χ0v) is 16.1. The van der Waals surface area contributed by atoms with Gasteiger partial charge in [-0.05, 0) is 37.9 Å². The Balaban J connectivity index is 1.36. The molecule has 1 saturated heterocycles. The van der Waals surface area contributed by atoms with Gasteiger partial charge >= 0.3 is 0 Å². The summed E-state index contributed by atoms with van der Waals surface area (Å²) in [5, 5.41) is 12.5. The summed E-state index contributed by atoms with van der Waals surface area (Å²) >= 11 is 1.46. The summed E-state index contributed by atoms with van der Waals surface area (Å²) in [4.78, 5) is 19.5. The Hall–Kier alpha value is -2.51. The molecular weight excluding hydrogens is 358 g/mol. The van der Waals surface area contributed by atoms with E-state index in [9.17, 15) is 4.79 Å². The van der Waals surface area contributed by atoms with E-state index in [1.54, 1.807) is 6.07 Å². The first-order chi connectivity index (χ1) is 13.2. The van der Waals surface area contributed by atoms with Gasteiger partial charge in [-0.15, -0.1) is 11.3 Å². The van der Waals surface area contributed by atoms with E-state index in [1.165, 1.54) is 24.2 Å². The number of hydrogen-bond acceptors (Lipinski definition) is 5. The largest absolute Gasteiger partial charge is 0.297 e. The predicted octanol–water partition coefficient (Wildman–Crippen LogP) is 4.02. The molecule has 0 aliphatic carbocycles. The number of amides is 1. The maximum atomic E-state index is 12.5. The molecule has 0 bridgehead atoms. The Morgan fingerprint density at radius 1 is 1.30 bits per heavy atom. The van der Waals surface area contributed by atoms with Crippen LogP contribution in [0.15, 0.2) is 41.8 Å². The lowest BCUT2D eigenvalue weighted by Gasteiger charge is -2.29. The molecule has 0 atom stereocenters. The lowest BCUT2D eigenvalue weighted by atomic mass is 9.99. The third-order valence-electron chi connectivity index (χ3n) is 4.93. The van der Waals surface area contributed by atoms with E-state index in [1.807, 2.05) is 35.7 Å². The number of thiazole rings is 1. The first kappa shape index (κ1) is 17.9. The van der Waals surface area contributed by atoms with E-state index in [-0.39, 0.29) is 5.91 Å². The van der Waals surface area contributed by atoms with Crippen molar-refractivity contribution in [1.29, 1.82) is 0 Å². The number of nitrogens with one attached hydrogen (secondary N) is 2. The highest BCUT2D eigenvalue weighted by atomic mass is 32.1. The number of aromatic nitrogens is 3. The van der Waals surface area contributed by atoms with E-state index >= 15 is 0 Å². The van der Waals surface area contributed by atoms with Gasteiger partial charge < -0.3 is 0 Å². The molecule has 1 aliphatic rings. The van der Waals surface area contributed by atoms with E-state index in [0.717, 1.165) is 42.5 Å². The molecule has 1 fully saturated rings. The van der Waals surface area contributed by atoms with E-state index < -0.39 is 0 Å². The van der Waals surface area contributed by atoms with E-state index in [0.29, 0.717) is 10.8 Å². The quantitative estimate of drug-likeness (QED) is 0.700. The number of likely N-dealkylation sites (tertiary alicyclic amines) is 1. The van der Waals surface area contributed by atoms with Gasteiger partial charge in [-0.25, -0.2) is 4.98 Å². The standard InChI is InChI=1S/C20H23N5OS/c1-14-7-9-25(10-8-14)12-16-13-27-20(21-16)22-19(26)18-11-17(23-24-18)15-5-3-2-4-6-15/h2-6,11,13-14H,7-10,12H2,1H3,(H,23,24)(H,21,22,26). The topological polar surface area (TPSA) is 73.9 Å². The third kappa shape index (κ3) is 4.43. The highest BCUT2D eigenvalue weighted by Crippen LogP contribution is 2.22. The Kier molecular flexibility index (Phi) is 5.31. The van der Waals surface area contributed by atoms with Crippen molar-refractivity contribution in [3.63, 3.8) is 0 Å². The molecule has 140 valence electrons. The van der Waals surface area contributed by atoms with Crippen molar-refractivity contribution >= 4 is 22.4 Å². The molecular formula is C20H23N5OS. The second-order valence-corrected chi connectivity index (χ2v) is 7.95. The van der Waals surface area contributed by atoms with Crippen LogP contribution in [0.4, 0.5) is 5.13 Å². The summed E-state index contributed by atoms with van der Waals surface area (Å²) in [6.45, 7) is 5.40. The second-order valence-electron chi connectivity index (χ2n) is 7.09. The molecule has 0 radical (unpaired) electrons. The molecule has 1 amide bonds. The van der Waals surface area contributed by atoms with Gasteiger partial charge in [0.1, 0.15) is 5.69 Å². The van der Waals surface area contributed by atoms with Crippen LogP contribution in [-0.4, -0.2) is 39.1 Å². The number of H-pyrrole nitrogens is 1. The van der Waals surface area contributed by atoms with Crippen molar-refractivity contribution in [1.82, 2.24) is 20.1 Å². The summed E-state index contributed by atoms with van der Waals surface area (Å²) in [6, 6.07) is 11.5. The van der Waals surface area contributed by atoms with Crippen LogP contribution >= 0.6 is 11.3 Å². The number of piperidine rings is 1. The Labute approximate surface area is 162 Å². The molecule has 3 aromatic rings. The fraction of sp³-hybridized carbons (Fsp3) is 0.350. The molecule has 0 saturated carbocycles. The number of rotatable bonds is 5. The smallest absolute Gasteiger partial charge is 0.275 e. The average molecular weight is 382 g/mol. The van der Waals surface area contributed by atoms with E-state index in [2.05, 4.69) is 32.3 Å². The van der Waals surface area contributed by atoms with Crippen LogP contribution in [0.5, 0.6) is 0 Å². The van der Waals surface area contributed by atoms with Crippen molar-refractivity contribution in [2.24, 2.45) is 5.92 Å². The lowest BCUT2D eigenvalue weighted by molar-refractivity contribution is 0.102. The Bertz CT molecular complexity index is 896. The van der Waals surface area contributed by atoms with E-state index in [4.69, 9.17) is 0 Å². The lowest BCUT2D eigenvalue weighted by Crippen LogP contribution is -2.32. The van der Waals surface area contributed by atoms with Gasteiger partial charge in [0.15, 0.2) is 5.13 Å². The highest BCUT2D eigenvalue weighted by Gasteiger charge is 2.17. The number of benzene rings is 1. The third-order valence-corrected chi connectivity index (χ3v) is 5.73. The van der Waals surface area contributed by atoms with Crippen LogP contribution in [0.1, 0.15) is 35.9 Å². The molecule has 3 heterocycles. The summed E-state index contributed by atoms with van der Waals surface area (Å²) in [5.74, 6) is 0.596. The van der Waals surface area contributed by atoms with Gasteiger partial charge in [-0.2, -0.15) is 5.10 Å². The van der Waals surface area contributed by atoms with Crippen molar-refractivity contribution in [3.8, 4) is 11.3 Å². The molecule has 2 aromatic heterocycles. The maximum Gasteiger partial charge on any atom is 0.275 e. The van der Waals surface area contributed by atoms with Crippen LogP contribution in [0, 0.1) is 5.92 Å². The van der Waals surface area contributed by atoms with Crippen LogP contribution in [-0.2, 0) is 6.54 Å². The van der Waals surface area contributed by atoms with Crippen molar-refractivity contribution in [2.45, 2.75) is 26.3 Å². The highest BCUT2D eigenvalue weighted by molar-refractivity contribution is 7.13. The molecule has 6 nitrogen and oxygen atoms in total. The fourth-order valence-corrected chi connectivity index (χ4v) is 3.94. The van der Waals surface area contributed by atoms with Gasteiger partial charge in [0.2, 0.25) is 0 Å². The first-order valence-electron chi connectivity index (χ1n) is 9.26. The average Bonchev–Trinajstić information content (AvgIpc) is 3.34. The zero-order chi connectivity index (χ0) is 18.6.